The van der Waals surface area contributed by atoms with Crippen LogP contribution in [0.25, 0.3) is 0 Å². The minimum Gasteiger partial charge on any atom is -0.493 e. The predicted octanol–water partition coefficient (Wildman–Crippen LogP) is 1.26. The number of ether oxygens (including phenoxy) is 3. The average Bonchev–Trinajstić information content (AvgIpc) is 3.59. The van der Waals surface area contributed by atoms with Crippen LogP contribution in [0.15, 0.2) is 23.8 Å². The number of hydrogen-bond acceptors (Lipinski definition) is 8. The molecule has 2 aliphatic carbocycles. The van der Waals surface area contributed by atoms with E-state index in [0.29, 0.717) is 40.5 Å². The van der Waals surface area contributed by atoms with Crippen LogP contribution in [0.3, 0.4) is 0 Å². The number of amides is 2. The third kappa shape index (κ3) is 5.83. The zero-order valence-corrected chi connectivity index (χ0v) is 22.2. The second kappa shape index (κ2) is 12.9. The van der Waals surface area contributed by atoms with Gasteiger partial charge in [0.15, 0.2) is 11.5 Å². The average molecular weight is 533 g/mol. The highest BCUT2D eigenvalue weighted by atomic mass is 16.5. The van der Waals surface area contributed by atoms with E-state index in [9.17, 15) is 24.9 Å². The lowest BCUT2D eigenvalue weighted by Crippen LogP contribution is -2.56. The van der Waals surface area contributed by atoms with E-state index in [1.165, 1.54) is 20.0 Å². The molecule has 1 heterocycles. The molecule has 10 heteroatoms. The van der Waals surface area contributed by atoms with Crippen molar-refractivity contribution in [3.8, 4) is 11.5 Å². The van der Waals surface area contributed by atoms with Gasteiger partial charge in [-0.2, -0.15) is 0 Å². The number of benzene rings is 1. The summed E-state index contributed by atoms with van der Waals surface area (Å²) in [6.07, 6.45) is 5.50. The van der Waals surface area contributed by atoms with Gasteiger partial charge in [0.1, 0.15) is 12.2 Å². The Morgan fingerprint density at radius 1 is 1.18 bits per heavy atom. The summed E-state index contributed by atoms with van der Waals surface area (Å²) in [5, 5.41) is 33.4. The fraction of sp³-hybridized carbons (Fsp3) is 0.643. The topological polar surface area (TPSA) is 138 Å². The lowest BCUT2D eigenvalue weighted by atomic mass is 9.77. The van der Waals surface area contributed by atoms with Gasteiger partial charge in [0.05, 0.1) is 38.9 Å². The quantitative estimate of drug-likeness (QED) is 0.316. The number of methoxy groups -OCH3 is 2. The van der Waals surface area contributed by atoms with E-state index < -0.39 is 30.1 Å². The first-order chi connectivity index (χ1) is 18.4. The summed E-state index contributed by atoms with van der Waals surface area (Å²) >= 11 is 0. The largest absolute Gasteiger partial charge is 0.493 e. The van der Waals surface area contributed by atoms with E-state index in [1.807, 2.05) is 0 Å². The summed E-state index contributed by atoms with van der Waals surface area (Å²) in [6.45, 7) is 0.131. The number of nitrogens with one attached hydrogen (secondary N) is 1. The Balaban J connectivity index is 1.70. The van der Waals surface area contributed by atoms with Crippen molar-refractivity contribution in [2.75, 3.05) is 40.5 Å². The van der Waals surface area contributed by atoms with Crippen LogP contribution in [0.5, 0.6) is 11.5 Å². The second-order valence-corrected chi connectivity index (χ2v) is 10.3. The van der Waals surface area contributed by atoms with E-state index in [-0.39, 0.29) is 38.8 Å². The van der Waals surface area contributed by atoms with E-state index in [0.717, 1.165) is 19.3 Å². The lowest BCUT2D eigenvalue weighted by molar-refractivity contribution is -0.138. The molecule has 0 aromatic heterocycles. The molecule has 10 nitrogen and oxygen atoms in total. The Morgan fingerprint density at radius 2 is 1.95 bits per heavy atom. The second-order valence-electron chi connectivity index (χ2n) is 10.3. The first-order valence-electron chi connectivity index (χ1n) is 13.5. The number of nitrogens with zero attached hydrogens (tertiary/aromatic N) is 1. The van der Waals surface area contributed by atoms with Crippen LogP contribution in [0, 0.1) is 5.92 Å². The Morgan fingerprint density at radius 3 is 2.61 bits per heavy atom. The SMILES string of the molecule is COCCN(C(=O)CCC1CCCC1)C1C=C(C(=O)NCCO)C2c3cc(CO)cc(OC)c3OC2C1O. The highest BCUT2D eigenvalue weighted by Gasteiger charge is 2.51. The van der Waals surface area contributed by atoms with Gasteiger partial charge < -0.3 is 39.7 Å². The van der Waals surface area contributed by atoms with Gasteiger partial charge in [0.25, 0.3) is 0 Å². The normalized spacial score (nSPS) is 24.3. The molecular weight excluding hydrogens is 492 g/mol. The molecule has 1 aromatic carbocycles. The van der Waals surface area contributed by atoms with Crippen molar-refractivity contribution in [3.63, 3.8) is 0 Å². The summed E-state index contributed by atoms with van der Waals surface area (Å²) in [7, 11) is 3.04. The Labute approximate surface area is 223 Å². The van der Waals surface area contributed by atoms with Crippen molar-refractivity contribution in [1.82, 2.24) is 10.2 Å². The predicted molar refractivity (Wildman–Crippen MR) is 139 cm³/mol. The van der Waals surface area contributed by atoms with E-state index in [2.05, 4.69) is 5.32 Å². The molecule has 38 heavy (non-hydrogen) atoms. The molecule has 2 amide bonds. The molecule has 1 aromatic rings. The fourth-order valence-electron chi connectivity index (χ4n) is 6.02. The number of aliphatic hydroxyl groups excluding tert-OH is 3. The minimum absolute atomic E-state index is 0.0577. The number of aliphatic hydroxyl groups is 3. The molecule has 4 N–H and O–H groups in total. The van der Waals surface area contributed by atoms with Gasteiger partial charge in [-0.1, -0.05) is 25.7 Å². The van der Waals surface area contributed by atoms with E-state index in [4.69, 9.17) is 14.2 Å². The van der Waals surface area contributed by atoms with Gasteiger partial charge in [-0.3, -0.25) is 9.59 Å². The van der Waals surface area contributed by atoms with Crippen LogP contribution >= 0.6 is 0 Å². The van der Waals surface area contributed by atoms with Gasteiger partial charge >= 0.3 is 0 Å². The fourth-order valence-corrected chi connectivity index (χ4v) is 6.02. The van der Waals surface area contributed by atoms with Crippen molar-refractivity contribution >= 4 is 11.8 Å². The lowest BCUT2D eigenvalue weighted by Gasteiger charge is -2.40. The number of hydrogen-bond donors (Lipinski definition) is 4. The molecule has 210 valence electrons. The molecule has 4 unspecified atom stereocenters. The van der Waals surface area contributed by atoms with E-state index >= 15 is 0 Å². The van der Waals surface area contributed by atoms with Crippen molar-refractivity contribution in [3.05, 3.63) is 34.9 Å². The summed E-state index contributed by atoms with van der Waals surface area (Å²) in [4.78, 5) is 28.4. The van der Waals surface area contributed by atoms with Crippen molar-refractivity contribution < 1.29 is 39.1 Å². The van der Waals surface area contributed by atoms with Crippen LogP contribution in [-0.4, -0.2) is 90.8 Å². The maximum Gasteiger partial charge on any atom is 0.247 e. The van der Waals surface area contributed by atoms with Gasteiger partial charge in [0.2, 0.25) is 11.8 Å². The molecule has 4 rings (SSSR count). The molecule has 0 bridgehead atoms. The molecule has 4 atom stereocenters. The van der Waals surface area contributed by atoms with Crippen LogP contribution in [0.2, 0.25) is 0 Å². The smallest absolute Gasteiger partial charge is 0.247 e. The van der Waals surface area contributed by atoms with Gasteiger partial charge in [-0.25, -0.2) is 0 Å². The van der Waals surface area contributed by atoms with Crippen LogP contribution in [0.4, 0.5) is 0 Å². The van der Waals surface area contributed by atoms with Crippen LogP contribution < -0.4 is 14.8 Å². The third-order valence-electron chi connectivity index (χ3n) is 7.95. The maximum atomic E-state index is 13.5. The molecule has 0 saturated heterocycles. The molecule has 0 radical (unpaired) electrons. The summed E-state index contributed by atoms with van der Waals surface area (Å²) in [5.74, 6) is 0.174. The highest BCUT2D eigenvalue weighted by Crippen LogP contribution is 2.51. The molecule has 1 fully saturated rings. The first-order valence-corrected chi connectivity index (χ1v) is 13.5. The first kappa shape index (κ1) is 28.4. The third-order valence-corrected chi connectivity index (χ3v) is 7.95. The number of carbonyl (C=O) groups is 2. The minimum atomic E-state index is -1.13. The van der Waals surface area contributed by atoms with Gasteiger partial charge in [-0.15, -0.1) is 0 Å². The summed E-state index contributed by atoms with van der Waals surface area (Å²) in [5.41, 5.74) is 1.54. The zero-order valence-electron chi connectivity index (χ0n) is 22.2. The molecule has 0 spiro atoms. The van der Waals surface area contributed by atoms with Crippen LogP contribution in [0.1, 0.15) is 55.6 Å². The Kier molecular flexibility index (Phi) is 9.64. The number of rotatable bonds is 12. The molecule has 1 aliphatic heterocycles. The number of fused-ring (bicyclic) bond motifs is 3. The van der Waals surface area contributed by atoms with Crippen LogP contribution in [-0.2, 0) is 20.9 Å². The molecule has 3 aliphatic rings. The summed E-state index contributed by atoms with van der Waals surface area (Å²) < 4.78 is 17.0. The van der Waals surface area contributed by atoms with Gasteiger partial charge in [-0.05, 0) is 36.1 Å². The highest BCUT2D eigenvalue weighted by molar-refractivity contribution is 5.96. The molecular formula is C28H40N2O8. The maximum absolute atomic E-state index is 13.5. The molecule has 1 saturated carbocycles. The number of carbonyl (C=O) groups excluding carboxylic acids is 2. The summed E-state index contributed by atoms with van der Waals surface area (Å²) in [6, 6.07) is 2.60. The Hall–Kier alpha value is -2.66. The monoisotopic (exact) mass is 532 g/mol. The zero-order chi connectivity index (χ0) is 27.2. The van der Waals surface area contributed by atoms with Gasteiger partial charge in [0, 0.05) is 37.8 Å². The van der Waals surface area contributed by atoms with Crippen molar-refractivity contribution in [2.45, 2.75) is 69.3 Å². The Bertz CT molecular complexity index is 1020. The van der Waals surface area contributed by atoms with Crippen molar-refractivity contribution in [2.24, 2.45) is 5.92 Å². The standard InChI is InChI=1S/C28H40N2O8/c1-36-12-10-30(23(33)8-7-17-5-3-4-6-17)21-15-20(28(35)29-9-11-31)24-19-13-18(16-32)14-22(37-2)26(19)38-27(24)25(21)34/h13-15,17,21,24-25,27,31-32,34H,3-12,16H2,1-2H3,(H,29,35). The van der Waals surface area contributed by atoms with Crippen molar-refractivity contribution in [1.29, 1.82) is 0 Å². The van der Waals surface area contributed by atoms with E-state index in [1.54, 1.807) is 30.2 Å².